The average molecular weight is 323 g/mol. The van der Waals surface area contributed by atoms with Gasteiger partial charge < -0.3 is 14.4 Å². The smallest absolute Gasteiger partial charge is 0.410 e. The van der Waals surface area contributed by atoms with E-state index in [0.717, 1.165) is 6.26 Å². The molecule has 1 aliphatic heterocycles. The maximum absolute atomic E-state index is 12.0. The van der Waals surface area contributed by atoms with Gasteiger partial charge in [-0.15, -0.1) is 0 Å². The van der Waals surface area contributed by atoms with Gasteiger partial charge in [0, 0.05) is 20.2 Å². The summed E-state index contributed by atoms with van der Waals surface area (Å²) in [7, 11) is -1.99. The highest BCUT2D eigenvalue weighted by atomic mass is 32.2. The van der Waals surface area contributed by atoms with Crippen LogP contribution in [0.15, 0.2) is 0 Å². The van der Waals surface area contributed by atoms with Gasteiger partial charge in [-0.05, 0) is 33.6 Å². The Morgan fingerprint density at radius 1 is 1.24 bits per heavy atom. The van der Waals surface area contributed by atoms with E-state index in [2.05, 4.69) is 0 Å². The van der Waals surface area contributed by atoms with Crippen molar-refractivity contribution in [3.8, 4) is 0 Å². The number of carbonyl (C=O) groups excluding carboxylic acids is 1. The fourth-order valence-corrected chi connectivity index (χ4v) is 2.47. The molecule has 1 rings (SSSR count). The lowest BCUT2D eigenvalue weighted by Crippen LogP contribution is -2.51. The third-order valence-electron chi connectivity index (χ3n) is 3.30. The Morgan fingerprint density at radius 2 is 1.76 bits per heavy atom. The lowest BCUT2D eigenvalue weighted by Gasteiger charge is -2.40. The average Bonchev–Trinajstić information content (AvgIpc) is 2.34. The molecule has 0 aliphatic carbocycles. The van der Waals surface area contributed by atoms with Gasteiger partial charge in [-0.2, -0.15) is 8.42 Å². The predicted molar refractivity (Wildman–Crippen MR) is 77.6 cm³/mol. The topological polar surface area (TPSA) is 82.1 Å². The van der Waals surface area contributed by atoms with E-state index in [1.54, 1.807) is 4.90 Å². The number of carbonyl (C=O) groups is 1. The molecule has 0 spiro atoms. The van der Waals surface area contributed by atoms with Gasteiger partial charge in [0.15, 0.2) is 0 Å². The van der Waals surface area contributed by atoms with Crippen molar-refractivity contribution in [2.24, 2.45) is 0 Å². The summed E-state index contributed by atoms with van der Waals surface area (Å²) in [5, 5.41) is 0. The highest BCUT2D eigenvalue weighted by Crippen LogP contribution is 2.27. The number of hydrogen-bond acceptors (Lipinski definition) is 6. The minimum absolute atomic E-state index is 0.0372. The van der Waals surface area contributed by atoms with Crippen LogP contribution in [-0.4, -0.2) is 63.7 Å². The molecule has 0 unspecified atom stereocenters. The predicted octanol–water partition coefficient (Wildman–Crippen LogP) is 1.38. The first-order valence-corrected chi connectivity index (χ1v) is 8.65. The monoisotopic (exact) mass is 323 g/mol. The van der Waals surface area contributed by atoms with E-state index < -0.39 is 21.3 Å². The van der Waals surface area contributed by atoms with Crippen molar-refractivity contribution in [1.82, 2.24) is 4.90 Å². The van der Waals surface area contributed by atoms with Crippen molar-refractivity contribution in [2.45, 2.75) is 44.8 Å². The van der Waals surface area contributed by atoms with E-state index in [9.17, 15) is 13.2 Å². The maximum atomic E-state index is 12.0. The second-order valence-electron chi connectivity index (χ2n) is 6.32. The number of amides is 1. The molecule has 1 aliphatic rings. The van der Waals surface area contributed by atoms with E-state index in [1.165, 1.54) is 7.11 Å². The van der Waals surface area contributed by atoms with Gasteiger partial charge >= 0.3 is 6.09 Å². The Labute approximate surface area is 126 Å². The Morgan fingerprint density at radius 3 is 2.14 bits per heavy atom. The summed E-state index contributed by atoms with van der Waals surface area (Å²) in [4.78, 5) is 13.6. The van der Waals surface area contributed by atoms with Crippen LogP contribution in [0, 0.1) is 0 Å². The quantitative estimate of drug-likeness (QED) is 0.727. The molecule has 0 aromatic rings. The van der Waals surface area contributed by atoms with Crippen LogP contribution in [-0.2, 0) is 23.8 Å². The molecule has 1 heterocycles. The van der Waals surface area contributed by atoms with Crippen molar-refractivity contribution < 1.29 is 26.9 Å². The molecular formula is C13H25NO6S. The van der Waals surface area contributed by atoms with E-state index >= 15 is 0 Å². The van der Waals surface area contributed by atoms with Crippen LogP contribution in [0.3, 0.4) is 0 Å². The number of methoxy groups -OCH3 is 1. The number of ether oxygens (including phenoxy) is 2. The molecule has 1 fully saturated rings. The summed E-state index contributed by atoms with van der Waals surface area (Å²) >= 11 is 0. The van der Waals surface area contributed by atoms with Crippen LogP contribution < -0.4 is 0 Å². The third-order valence-corrected chi connectivity index (χ3v) is 3.84. The molecule has 7 nitrogen and oxygen atoms in total. The number of hydrogen-bond donors (Lipinski definition) is 0. The Balaban J connectivity index is 2.58. The van der Waals surface area contributed by atoms with Gasteiger partial charge in [0.2, 0.25) is 0 Å². The minimum atomic E-state index is -3.51. The van der Waals surface area contributed by atoms with Crippen LogP contribution >= 0.6 is 0 Å². The van der Waals surface area contributed by atoms with Crippen molar-refractivity contribution in [3.05, 3.63) is 0 Å². The highest BCUT2D eigenvalue weighted by molar-refractivity contribution is 7.85. The fourth-order valence-electron chi connectivity index (χ4n) is 2.05. The minimum Gasteiger partial charge on any atom is -0.444 e. The molecular weight excluding hydrogens is 298 g/mol. The molecule has 1 saturated heterocycles. The summed E-state index contributed by atoms with van der Waals surface area (Å²) in [6, 6.07) is 0. The molecule has 0 bridgehead atoms. The van der Waals surface area contributed by atoms with Gasteiger partial charge in [0.1, 0.15) is 5.60 Å². The molecule has 21 heavy (non-hydrogen) atoms. The van der Waals surface area contributed by atoms with Crippen molar-refractivity contribution >= 4 is 16.2 Å². The van der Waals surface area contributed by atoms with Gasteiger partial charge in [0.25, 0.3) is 10.1 Å². The Bertz CT molecular complexity index is 460. The number of piperidine rings is 1. The molecule has 0 aromatic heterocycles. The van der Waals surface area contributed by atoms with Crippen LogP contribution in [0.2, 0.25) is 0 Å². The first-order valence-electron chi connectivity index (χ1n) is 6.84. The zero-order valence-electron chi connectivity index (χ0n) is 13.3. The van der Waals surface area contributed by atoms with E-state index in [1.807, 2.05) is 20.8 Å². The fraction of sp³-hybridized carbons (Fsp3) is 0.923. The second-order valence-corrected chi connectivity index (χ2v) is 7.96. The van der Waals surface area contributed by atoms with Crippen LogP contribution in [0.1, 0.15) is 33.6 Å². The van der Waals surface area contributed by atoms with Crippen molar-refractivity contribution in [3.63, 3.8) is 0 Å². The number of likely N-dealkylation sites (tertiary alicyclic amines) is 1. The molecule has 1 amide bonds. The lowest BCUT2D eigenvalue weighted by molar-refractivity contribution is -0.0824. The summed E-state index contributed by atoms with van der Waals surface area (Å²) < 4.78 is 37.8. The maximum Gasteiger partial charge on any atom is 0.410 e. The largest absolute Gasteiger partial charge is 0.444 e. The van der Waals surface area contributed by atoms with Gasteiger partial charge in [0.05, 0.1) is 18.5 Å². The third kappa shape index (κ3) is 6.19. The van der Waals surface area contributed by atoms with E-state index in [4.69, 9.17) is 13.7 Å². The van der Waals surface area contributed by atoms with Crippen LogP contribution in [0.5, 0.6) is 0 Å². The highest BCUT2D eigenvalue weighted by Gasteiger charge is 2.38. The molecule has 0 aromatic carbocycles. The van der Waals surface area contributed by atoms with Gasteiger partial charge in [-0.3, -0.25) is 4.18 Å². The standard InChI is InChI=1S/C13H25NO6S/c1-12(2,3)20-11(15)14-8-6-13(18-4,7-9-14)10-19-21(5,16)17/h6-10H2,1-5H3. The number of nitrogens with zero attached hydrogens (tertiary/aromatic N) is 1. The van der Waals surface area contributed by atoms with Crippen LogP contribution in [0.4, 0.5) is 4.79 Å². The van der Waals surface area contributed by atoms with Gasteiger partial charge in [-0.25, -0.2) is 4.79 Å². The Hall–Kier alpha value is -0.860. The van der Waals surface area contributed by atoms with Crippen LogP contribution in [0.25, 0.3) is 0 Å². The summed E-state index contributed by atoms with van der Waals surface area (Å²) in [6.45, 7) is 6.28. The molecule has 124 valence electrons. The first-order chi connectivity index (χ1) is 9.46. The summed E-state index contributed by atoms with van der Waals surface area (Å²) in [5.74, 6) is 0. The molecule has 0 N–H and O–H groups in total. The zero-order valence-corrected chi connectivity index (χ0v) is 14.2. The van der Waals surface area contributed by atoms with Crippen molar-refractivity contribution in [2.75, 3.05) is 33.1 Å². The van der Waals surface area contributed by atoms with Gasteiger partial charge in [-0.1, -0.05) is 0 Å². The molecule has 0 atom stereocenters. The summed E-state index contributed by atoms with van der Waals surface area (Å²) in [6.07, 6.45) is 1.64. The number of rotatable bonds is 4. The molecule has 0 saturated carbocycles. The second kappa shape index (κ2) is 6.50. The van der Waals surface area contributed by atoms with Crippen molar-refractivity contribution in [1.29, 1.82) is 0 Å². The Kier molecular flexibility index (Phi) is 5.63. The molecule has 0 radical (unpaired) electrons. The summed E-state index contributed by atoms with van der Waals surface area (Å²) in [5.41, 5.74) is -1.21. The first kappa shape index (κ1) is 18.2. The zero-order chi connectivity index (χ0) is 16.3. The molecule has 8 heteroatoms. The van der Waals surface area contributed by atoms with E-state index in [0.29, 0.717) is 25.9 Å². The lowest BCUT2D eigenvalue weighted by atomic mass is 9.92. The SMILES string of the molecule is COC1(COS(C)(=O)=O)CCN(C(=O)OC(C)(C)C)CC1. The normalized spacial score (nSPS) is 19.4. The van der Waals surface area contributed by atoms with E-state index in [-0.39, 0.29) is 12.7 Å².